The Morgan fingerprint density at radius 1 is 0.611 bits per heavy atom. The highest BCUT2D eigenvalue weighted by atomic mass is 14.8. The standard InChI is InChI=1S/C16H35N.H3N/c1-15(2)11-7-5-9-13-17-14-10-6-8-12-16(3)4;/h15-17H,5-14H2,1-4H3;1H3. The van der Waals surface area contributed by atoms with Gasteiger partial charge in [0.2, 0.25) is 0 Å². The van der Waals surface area contributed by atoms with E-state index in [2.05, 4.69) is 33.0 Å². The van der Waals surface area contributed by atoms with E-state index in [1.165, 1.54) is 64.5 Å². The Morgan fingerprint density at radius 3 is 1.33 bits per heavy atom. The minimum atomic E-state index is 0. The van der Waals surface area contributed by atoms with Crippen molar-refractivity contribution in [3.63, 3.8) is 0 Å². The van der Waals surface area contributed by atoms with Gasteiger partial charge in [-0.25, -0.2) is 0 Å². The van der Waals surface area contributed by atoms with Crippen molar-refractivity contribution in [2.45, 2.75) is 79.1 Å². The quantitative estimate of drug-likeness (QED) is 0.474. The smallest absolute Gasteiger partial charge is 0.00489 e. The van der Waals surface area contributed by atoms with E-state index >= 15 is 0 Å². The molecule has 2 nitrogen and oxygen atoms in total. The lowest BCUT2D eigenvalue weighted by Crippen LogP contribution is -2.16. The Balaban J connectivity index is 0. The van der Waals surface area contributed by atoms with Gasteiger partial charge in [0.15, 0.2) is 0 Å². The average molecular weight is 258 g/mol. The molecule has 0 radical (unpaired) electrons. The van der Waals surface area contributed by atoms with E-state index in [0.717, 1.165) is 11.8 Å². The van der Waals surface area contributed by atoms with Crippen molar-refractivity contribution < 1.29 is 0 Å². The molecular formula is C16H38N2. The van der Waals surface area contributed by atoms with Crippen molar-refractivity contribution in [1.29, 1.82) is 0 Å². The van der Waals surface area contributed by atoms with Crippen molar-refractivity contribution >= 4 is 0 Å². The summed E-state index contributed by atoms with van der Waals surface area (Å²) in [5, 5.41) is 3.56. The fourth-order valence-corrected chi connectivity index (χ4v) is 2.08. The lowest BCUT2D eigenvalue weighted by molar-refractivity contribution is 0.499. The molecule has 4 N–H and O–H groups in total. The zero-order chi connectivity index (χ0) is 12.9. The molecule has 0 bridgehead atoms. The normalized spacial score (nSPS) is 11.0. The van der Waals surface area contributed by atoms with Crippen molar-refractivity contribution in [2.24, 2.45) is 11.8 Å². The number of unbranched alkanes of at least 4 members (excludes halogenated alkanes) is 4. The highest BCUT2D eigenvalue weighted by Crippen LogP contribution is 2.08. The molecule has 2 heteroatoms. The van der Waals surface area contributed by atoms with Gasteiger partial charge in [-0.3, -0.25) is 0 Å². The summed E-state index contributed by atoms with van der Waals surface area (Å²) >= 11 is 0. The maximum atomic E-state index is 3.56. The molecule has 0 aliphatic rings. The predicted molar refractivity (Wildman–Crippen MR) is 84.5 cm³/mol. The molecule has 0 heterocycles. The Hall–Kier alpha value is -0.0800. The molecule has 0 saturated heterocycles. The summed E-state index contributed by atoms with van der Waals surface area (Å²) in [6, 6.07) is 0. The monoisotopic (exact) mass is 258 g/mol. The third kappa shape index (κ3) is 18.3. The van der Waals surface area contributed by atoms with Crippen LogP contribution < -0.4 is 11.5 Å². The average Bonchev–Trinajstić information content (AvgIpc) is 2.25. The van der Waals surface area contributed by atoms with Crippen LogP contribution in [-0.2, 0) is 0 Å². The second-order valence-corrected chi connectivity index (χ2v) is 6.24. The van der Waals surface area contributed by atoms with Crippen LogP contribution in [0.2, 0.25) is 0 Å². The van der Waals surface area contributed by atoms with Gasteiger partial charge < -0.3 is 11.5 Å². The van der Waals surface area contributed by atoms with Crippen LogP contribution in [0.15, 0.2) is 0 Å². The Labute approximate surface area is 116 Å². The van der Waals surface area contributed by atoms with Crippen molar-refractivity contribution in [3.05, 3.63) is 0 Å². The Kier molecular flexibility index (Phi) is 16.8. The van der Waals surface area contributed by atoms with E-state index < -0.39 is 0 Å². The molecule has 0 saturated carbocycles. The third-order valence-electron chi connectivity index (χ3n) is 3.27. The molecule has 0 rings (SSSR count). The SMILES string of the molecule is CC(C)CCCCCNCCCCCC(C)C.N. The molecule has 0 aromatic rings. The molecule has 0 aliphatic carbocycles. The highest BCUT2D eigenvalue weighted by molar-refractivity contribution is 4.53. The zero-order valence-corrected chi connectivity index (χ0v) is 13.4. The molecule has 0 aromatic heterocycles. The molecule has 0 aliphatic heterocycles. The summed E-state index contributed by atoms with van der Waals surface area (Å²) in [7, 11) is 0. The number of rotatable bonds is 12. The Morgan fingerprint density at radius 2 is 1.00 bits per heavy atom. The molecule has 0 unspecified atom stereocenters. The van der Waals surface area contributed by atoms with Crippen LogP contribution in [-0.4, -0.2) is 13.1 Å². The van der Waals surface area contributed by atoms with E-state index in [1.54, 1.807) is 0 Å². The molecule has 112 valence electrons. The lowest BCUT2D eigenvalue weighted by atomic mass is 10.1. The fraction of sp³-hybridized carbons (Fsp3) is 1.00. The summed E-state index contributed by atoms with van der Waals surface area (Å²) in [6.07, 6.45) is 11.1. The van der Waals surface area contributed by atoms with Gasteiger partial charge >= 0.3 is 0 Å². The molecule has 0 amide bonds. The van der Waals surface area contributed by atoms with Crippen LogP contribution in [0.25, 0.3) is 0 Å². The van der Waals surface area contributed by atoms with Crippen LogP contribution in [0.4, 0.5) is 0 Å². The van der Waals surface area contributed by atoms with E-state index in [-0.39, 0.29) is 6.15 Å². The molecule has 18 heavy (non-hydrogen) atoms. The minimum absolute atomic E-state index is 0. The molecular weight excluding hydrogens is 220 g/mol. The maximum Gasteiger partial charge on any atom is -0.00489 e. The summed E-state index contributed by atoms with van der Waals surface area (Å²) < 4.78 is 0. The highest BCUT2D eigenvalue weighted by Gasteiger charge is 1.95. The molecule has 0 aromatic carbocycles. The number of hydrogen-bond acceptors (Lipinski definition) is 2. The van der Waals surface area contributed by atoms with Gasteiger partial charge in [-0.15, -0.1) is 0 Å². The van der Waals surface area contributed by atoms with Crippen LogP contribution in [0.5, 0.6) is 0 Å². The van der Waals surface area contributed by atoms with Gasteiger partial charge in [0.25, 0.3) is 0 Å². The largest absolute Gasteiger partial charge is 0.344 e. The van der Waals surface area contributed by atoms with E-state index in [1.807, 2.05) is 0 Å². The zero-order valence-electron chi connectivity index (χ0n) is 13.4. The van der Waals surface area contributed by atoms with Crippen LogP contribution in [0.1, 0.15) is 79.1 Å². The van der Waals surface area contributed by atoms with Gasteiger partial charge in [0.1, 0.15) is 0 Å². The molecule has 0 fully saturated rings. The van der Waals surface area contributed by atoms with E-state index in [4.69, 9.17) is 0 Å². The van der Waals surface area contributed by atoms with Crippen LogP contribution in [0.3, 0.4) is 0 Å². The first-order chi connectivity index (χ1) is 8.13. The maximum absolute atomic E-state index is 3.56. The number of hydrogen-bond donors (Lipinski definition) is 2. The first-order valence-corrected chi connectivity index (χ1v) is 7.83. The lowest BCUT2D eigenvalue weighted by Gasteiger charge is -2.07. The second-order valence-electron chi connectivity index (χ2n) is 6.24. The Bertz CT molecular complexity index is 128. The minimum Gasteiger partial charge on any atom is -0.344 e. The van der Waals surface area contributed by atoms with Crippen molar-refractivity contribution in [3.8, 4) is 0 Å². The van der Waals surface area contributed by atoms with Gasteiger partial charge in [-0.1, -0.05) is 66.2 Å². The predicted octanol–water partition coefficient (Wildman–Crippen LogP) is 5.17. The summed E-state index contributed by atoms with van der Waals surface area (Å²) in [5.74, 6) is 1.76. The first kappa shape index (κ1) is 20.2. The van der Waals surface area contributed by atoms with Gasteiger partial charge in [0.05, 0.1) is 0 Å². The van der Waals surface area contributed by atoms with E-state index in [0.29, 0.717) is 0 Å². The van der Waals surface area contributed by atoms with Crippen molar-refractivity contribution in [2.75, 3.05) is 13.1 Å². The van der Waals surface area contributed by atoms with Crippen LogP contribution in [0, 0.1) is 11.8 Å². The molecule has 0 atom stereocenters. The van der Waals surface area contributed by atoms with Crippen LogP contribution >= 0.6 is 0 Å². The summed E-state index contributed by atoms with van der Waals surface area (Å²) in [5.41, 5.74) is 0. The number of nitrogens with one attached hydrogen (secondary N) is 1. The van der Waals surface area contributed by atoms with Gasteiger partial charge in [-0.2, -0.15) is 0 Å². The first-order valence-electron chi connectivity index (χ1n) is 7.83. The second kappa shape index (κ2) is 15.0. The molecule has 0 spiro atoms. The summed E-state index contributed by atoms with van der Waals surface area (Å²) in [4.78, 5) is 0. The van der Waals surface area contributed by atoms with E-state index in [9.17, 15) is 0 Å². The fourth-order valence-electron chi connectivity index (χ4n) is 2.08. The summed E-state index contributed by atoms with van der Waals surface area (Å²) in [6.45, 7) is 11.7. The van der Waals surface area contributed by atoms with Gasteiger partial charge in [0, 0.05) is 0 Å². The van der Waals surface area contributed by atoms with Crippen molar-refractivity contribution in [1.82, 2.24) is 11.5 Å². The third-order valence-corrected chi connectivity index (χ3v) is 3.27. The topological polar surface area (TPSA) is 47.0 Å². The van der Waals surface area contributed by atoms with Gasteiger partial charge in [-0.05, 0) is 37.8 Å².